The van der Waals surface area contributed by atoms with Gasteiger partial charge >= 0.3 is 0 Å². The summed E-state index contributed by atoms with van der Waals surface area (Å²) in [5.41, 5.74) is 7.64. The zero-order valence-corrected chi connectivity index (χ0v) is 8.88. The Hall–Kier alpha value is -0.730. The fourth-order valence-corrected chi connectivity index (χ4v) is 2.58. The van der Waals surface area contributed by atoms with Crippen LogP contribution in [0.3, 0.4) is 0 Å². The first-order chi connectivity index (χ1) is 6.20. The molecule has 0 radical (unpaired) electrons. The monoisotopic (exact) mass is 211 g/mol. The van der Waals surface area contributed by atoms with Crippen LogP contribution in [0, 0.1) is 6.92 Å². The maximum Gasteiger partial charge on any atom is 0.0494 e. The van der Waals surface area contributed by atoms with Crippen LogP contribution in [0.15, 0.2) is 18.2 Å². The van der Waals surface area contributed by atoms with Crippen LogP contribution in [0.25, 0.3) is 10.1 Å². The van der Waals surface area contributed by atoms with Crippen molar-refractivity contribution in [3.05, 3.63) is 28.6 Å². The molecule has 2 N–H and O–H groups in total. The minimum absolute atomic E-state index is 0.483. The Balaban J connectivity index is 2.72. The third-order valence-corrected chi connectivity index (χ3v) is 3.35. The predicted octanol–water partition coefficient (Wildman–Crippen LogP) is 3.53. The first kappa shape index (κ1) is 8.85. The summed E-state index contributed by atoms with van der Waals surface area (Å²) in [6.07, 6.45) is 0. The average molecular weight is 212 g/mol. The highest BCUT2D eigenvalue weighted by Gasteiger charge is 2.03. The minimum atomic E-state index is 0.483. The lowest BCUT2D eigenvalue weighted by molar-refractivity contribution is 1.43. The number of nitrogen functional groups attached to an aromatic ring is 1. The van der Waals surface area contributed by atoms with Crippen molar-refractivity contribution >= 4 is 38.7 Å². The SMILES string of the molecule is Cc1cc2cc(CCl)c(N)cc2s1. The van der Waals surface area contributed by atoms with E-state index in [0.29, 0.717) is 5.88 Å². The summed E-state index contributed by atoms with van der Waals surface area (Å²) >= 11 is 7.53. The highest BCUT2D eigenvalue weighted by molar-refractivity contribution is 7.19. The van der Waals surface area contributed by atoms with Gasteiger partial charge in [0, 0.05) is 21.1 Å². The van der Waals surface area contributed by atoms with Crippen LogP contribution in [0.5, 0.6) is 0 Å². The molecule has 13 heavy (non-hydrogen) atoms. The van der Waals surface area contributed by atoms with Crippen molar-refractivity contribution in [3.8, 4) is 0 Å². The highest BCUT2D eigenvalue weighted by atomic mass is 35.5. The van der Waals surface area contributed by atoms with Gasteiger partial charge in [-0.1, -0.05) is 0 Å². The topological polar surface area (TPSA) is 26.0 Å². The number of hydrogen-bond acceptors (Lipinski definition) is 2. The van der Waals surface area contributed by atoms with E-state index in [1.54, 1.807) is 11.3 Å². The Morgan fingerprint density at radius 2 is 2.15 bits per heavy atom. The molecule has 0 unspecified atom stereocenters. The smallest absolute Gasteiger partial charge is 0.0494 e. The molecule has 0 aliphatic rings. The molecule has 0 saturated carbocycles. The number of alkyl halides is 1. The molecule has 0 spiro atoms. The van der Waals surface area contributed by atoms with Crippen molar-refractivity contribution in [3.63, 3.8) is 0 Å². The third kappa shape index (κ3) is 1.52. The Morgan fingerprint density at radius 1 is 1.38 bits per heavy atom. The summed E-state index contributed by atoms with van der Waals surface area (Å²) < 4.78 is 1.24. The molecule has 0 atom stereocenters. The number of nitrogens with two attached hydrogens (primary N) is 1. The summed E-state index contributed by atoms with van der Waals surface area (Å²) in [4.78, 5) is 1.31. The second-order valence-electron chi connectivity index (χ2n) is 3.08. The number of fused-ring (bicyclic) bond motifs is 1. The number of halogens is 1. The van der Waals surface area contributed by atoms with Crippen molar-refractivity contribution in [1.29, 1.82) is 0 Å². The first-order valence-electron chi connectivity index (χ1n) is 4.05. The lowest BCUT2D eigenvalue weighted by atomic mass is 10.1. The molecule has 0 saturated heterocycles. The summed E-state index contributed by atoms with van der Waals surface area (Å²) in [5.74, 6) is 0.483. The Bertz CT molecular complexity index is 447. The summed E-state index contributed by atoms with van der Waals surface area (Å²) in [6.45, 7) is 2.10. The number of rotatable bonds is 1. The molecule has 2 aromatic rings. The fraction of sp³-hybridized carbons (Fsp3) is 0.200. The van der Waals surface area contributed by atoms with E-state index in [2.05, 4.69) is 19.1 Å². The number of hydrogen-bond donors (Lipinski definition) is 1. The van der Waals surface area contributed by atoms with E-state index >= 15 is 0 Å². The normalized spacial score (nSPS) is 10.9. The van der Waals surface area contributed by atoms with Gasteiger partial charge < -0.3 is 5.73 Å². The number of anilines is 1. The second kappa shape index (κ2) is 3.20. The molecule has 0 bridgehead atoms. The minimum Gasteiger partial charge on any atom is -0.398 e. The molecule has 68 valence electrons. The van der Waals surface area contributed by atoms with Crippen LogP contribution in [-0.2, 0) is 5.88 Å². The van der Waals surface area contributed by atoms with E-state index in [1.807, 2.05) is 6.07 Å². The molecule has 0 aliphatic carbocycles. The van der Waals surface area contributed by atoms with Crippen molar-refractivity contribution < 1.29 is 0 Å². The lowest BCUT2D eigenvalue weighted by Crippen LogP contribution is -1.90. The standard InChI is InChI=1S/C10H10ClNS/c1-6-2-7-3-8(5-11)9(12)4-10(7)13-6/h2-4H,5,12H2,1H3. The number of aryl methyl sites for hydroxylation is 1. The van der Waals surface area contributed by atoms with Gasteiger partial charge in [0.05, 0.1) is 0 Å². The zero-order valence-electron chi connectivity index (χ0n) is 7.30. The third-order valence-electron chi connectivity index (χ3n) is 2.05. The summed E-state index contributed by atoms with van der Waals surface area (Å²) in [7, 11) is 0. The van der Waals surface area contributed by atoms with Gasteiger partial charge in [0.15, 0.2) is 0 Å². The molecule has 0 amide bonds. The molecule has 1 aromatic carbocycles. The number of benzene rings is 1. The molecular formula is C10H10ClNS. The van der Waals surface area contributed by atoms with E-state index < -0.39 is 0 Å². The second-order valence-corrected chi connectivity index (χ2v) is 4.63. The van der Waals surface area contributed by atoms with Crippen molar-refractivity contribution in [2.45, 2.75) is 12.8 Å². The molecule has 0 aliphatic heterocycles. The van der Waals surface area contributed by atoms with Crippen LogP contribution in [0.4, 0.5) is 5.69 Å². The fourth-order valence-electron chi connectivity index (χ4n) is 1.40. The van der Waals surface area contributed by atoms with Crippen LogP contribution in [0.2, 0.25) is 0 Å². The predicted molar refractivity (Wildman–Crippen MR) is 60.5 cm³/mol. The Morgan fingerprint density at radius 3 is 2.85 bits per heavy atom. The van der Waals surface area contributed by atoms with E-state index in [9.17, 15) is 0 Å². The van der Waals surface area contributed by atoms with Gasteiger partial charge in [-0.05, 0) is 36.1 Å². The van der Waals surface area contributed by atoms with Gasteiger partial charge in [0.25, 0.3) is 0 Å². The Kier molecular flexibility index (Phi) is 2.18. The maximum atomic E-state index is 5.83. The zero-order chi connectivity index (χ0) is 9.42. The summed E-state index contributed by atoms with van der Waals surface area (Å²) in [6, 6.07) is 6.24. The maximum absolute atomic E-state index is 5.83. The average Bonchev–Trinajstić information content (AvgIpc) is 2.42. The van der Waals surface area contributed by atoms with E-state index in [4.69, 9.17) is 17.3 Å². The van der Waals surface area contributed by atoms with Crippen LogP contribution >= 0.6 is 22.9 Å². The van der Waals surface area contributed by atoms with Gasteiger partial charge in [-0.3, -0.25) is 0 Å². The molecule has 1 heterocycles. The van der Waals surface area contributed by atoms with Gasteiger partial charge in [-0.15, -0.1) is 22.9 Å². The molecule has 1 aromatic heterocycles. The quantitative estimate of drug-likeness (QED) is 0.567. The first-order valence-corrected chi connectivity index (χ1v) is 5.40. The van der Waals surface area contributed by atoms with Crippen molar-refractivity contribution in [2.24, 2.45) is 0 Å². The van der Waals surface area contributed by atoms with E-state index in [-0.39, 0.29) is 0 Å². The molecular weight excluding hydrogens is 202 g/mol. The largest absolute Gasteiger partial charge is 0.398 e. The molecule has 2 rings (SSSR count). The van der Waals surface area contributed by atoms with E-state index in [1.165, 1.54) is 15.0 Å². The van der Waals surface area contributed by atoms with E-state index in [0.717, 1.165) is 11.3 Å². The van der Waals surface area contributed by atoms with Gasteiger partial charge in [0.1, 0.15) is 0 Å². The lowest BCUT2D eigenvalue weighted by Gasteiger charge is -2.00. The molecule has 1 nitrogen and oxygen atoms in total. The van der Waals surface area contributed by atoms with Crippen molar-refractivity contribution in [2.75, 3.05) is 5.73 Å². The van der Waals surface area contributed by atoms with Crippen LogP contribution in [0.1, 0.15) is 10.4 Å². The highest BCUT2D eigenvalue weighted by Crippen LogP contribution is 2.29. The van der Waals surface area contributed by atoms with Gasteiger partial charge in [-0.2, -0.15) is 0 Å². The molecule has 0 fully saturated rings. The van der Waals surface area contributed by atoms with Crippen molar-refractivity contribution in [1.82, 2.24) is 0 Å². The van der Waals surface area contributed by atoms with Crippen LogP contribution in [-0.4, -0.2) is 0 Å². The van der Waals surface area contributed by atoms with Crippen LogP contribution < -0.4 is 5.73 Å². The number of thiophene rings is 1. The molecule has 3 heteroatoms. The van der Waals surface area contributed by atoms with Gasteiger partial charge in [-0.25, -0.2) is 0 Å². The van der Waals surface area contributed by atoms with Gasteiger partial charge in [0.2, 0.25) is 0 Å². The summed E-state index contributed by atoms with van der Waals surface area (Å²) in [5, 5.41) is 1.24. The Labute approximate surface area is 86.1 Å².